The third-order valence-electron chi connectivity index (χ3n) is 8.35. The lowest BCUT2D eigenvalue weighted by atomic mass is 9.63. The van der Waals surface area contributed by atoms with Crippen LogP contribution in [0.2, 0.25) is 0 Å². The highest BCUT2D eigenvalue weighted by Crippen LogP contribution is 2.49. The number of hydrogen-bond donors (Lipinski definition) is 0. The summed E-state index contributed by atoms with van der Waals surface area (Å²) in [6.07, 6.45) is 10.0. The summed E-state index contributed by atoms with van der Waals surface area (Å²) in [7, 11) is 0. The molecule has 2 aliphatic carbocycles. The molecule has 2 aromatic rings. The van der Waals surface area contributed by atoms with E-state index in [2.05, 4.69) is 11.7 Å². The first-order chi connectivity index (χ1) is 17.2. The Morgan fingerprint density at radius 1 is 0.806 bits per heavy atom. The molecular weight excluding hydrogens is 471 g/mol. The maximum absolute atomic E-state index is 15.1. The number of fused-ring (bicyclic) bond motifs is 1. The van der Waals surface area contributed by atoms with Crippen LogP contribution < -0.4 is 4.74 Å². The SMILES string of the molecule is CCCCCCCC1CCC2CC(c3cc(F)c(-c4ccc(OC(F)(F)F)cc4)c(F)c3)CCC2C1. The van der Waals surface area contributed by atoms with E-state index in [1.165, 1.54) is 82.1 Å². The largest absolute Gasteiger partial charge is 0.573 e. The molecule has 2 aromatic carbocycles. The third-order valence-corrected chi connectivity index (χ3v) is 8.35. The molecule has 0 bridgehead atoms. The molecule has 198 valence electrons. The van der Waals surface area contributed by atoms with Gasteiger partial charge in [0.25, 0.3) is 0 Å². The van der Waals surface area contributed by atoms with Gasteiger partial charge < -0.3 is 4.74 Å². The van der Waals surface area contributed by atoms with Crippen molar-refractivity contribution in [1.29, 1.82) is 0 Å². The zero-order valence-corrected chi connectivity index (χ0v) is 21.1. The fraction of sp³-hybridized carbons (Fsp3) is 0.600. The van der Waals surface area contributed by atoms with Crippen molar-refractivity contribution in [3.05, 3.63) is 53.6 Å². The molecule has 1 nitrogen and oxygen atoms in total. The lowest BCUT2D eigenvalue weighted by Gasteiger charge is -2.42. The molecule has 0 aliphatic heterocycles. The molecule has 0 amide bonds. The van der Waals surface area contributed by atoms with Crippen molar-refractivity contribution in [3.8, 4) is 16.9 Å². The zero-order chi connectivity index (χ0) is 25.7. The van der Waals surface area contributed by atoms with Gasteiger partial charge in [-0.05, 0) is 91.2 Å². The van der Waals surface area contributed by atoms with Gasteiger partial charge in [-0.3, -0.25) is 0 Å². The first kappa shape index (κ1) is 26.9. The molecule has 6 heteroatoms. The molecule has 0 aromatic heterocycles. The molecule has 0 spiro atoms. The Labute approximate surface area is 211 Å². The second-order valence-corrected chi connectivity index (χ2v) is 10.8. The molecule has 4 rings (SSSR count). The standard InChI is InChI=1S/C30H37F5O/c1-2-3-4-5-6-7-20-8-9-23-17-24(11-10-22(23)16-20)25-18-27(31)29(28(32)19-25)21-12-14-26(15-13-21)36-30(33,34)35/h12-15,18-20,22-24H,2-11,16-17H2,1H3. The normalized spacial score (nSPS) is 24.4. The van der Waals surface area contributed by atoms with E-state index >= 15 is 8.78 Å². The zero-order valence-electron chi connectivity index (χ0n) is 21.1. The number of benzene rings is 2. The van der Waals surface area contributed by atoms with E-state index in [9.17, 15) is 13.2 Å². The Hall–Kier alpha value is -2.11. The fourth-order valence-electron chi connectivity index (χ4n) is 6.52. The van der Waals surface area contributed by atoms with Crippen LogP contribution in [0.4, 0.5) is 22.0 Å². The van der Waals surface area contributed by atoms with E-state index in [0.29, 0.717) is 11.5 Å². The Balaban J connectivity index is 1.36. The van der Waals surface area contributed by atoms with E-state index in [1.54, 1.807) is 0 Å². The van der Waals surface area contributed by atoms with Crippen LogP contribution in [0, 0.1) is 29.4 Å². The Bertz CT molecular complexity index is 961. The van der Waals surface area contributed by atoms with Crippen molar-refractivity contribution in [3.63, 3.8) is 0 Å². The van der Waals surface area contributed by atoms with Gasteiger partial charge >= 0.3 is 6.36 Å². The van der Waals surface area contributed by atoms with E-state index in [0.717, 1.165) is 43.2 Å². The van der Waals surface area contributed by atoms with E-state index in [4.69, 9.17) is 0 Å². The smallest absolute Gasteiger partial charge is 0.406 e. The van der Waals surface area contributed by atoms with Gasteiger partial charge in [-0.25, -0.2) is 8.78 Å². The summed E-state index contributed by atoms with van der Waals surface area (Å²) < 4.78 is 71.1. The van der Waals surface area contributed by atoms with Crippen molar-refractivity contribution in [2.24, 2.45) is 17.8 Å². The van der Waals surface area contributed by atoms with Crippen molar-refractivity contribution in [2.75, 3.05) is 0 Å². The summed E-state index contributed by atoms with van der Waals surface area (Å²) in [5.41, 5.74) is 0.663. The summed E-state index contributed by atoms with van der Waals surface area (Å²) in [6, 6.07) is 7.47. The van der Waals surface area contributed by atoms with Crippen LogP contribution in [-0.4, -0.2) is 6.36 Å². The van der Waals surface area contributed by atoms with Crippen LogP contribution >= 0.6 is 0 Å². The minimum Gasteiger partial charge on any atom is -0.406 e. The van der Waals surface area contributed by atoms with Gasteiger partial charge in [0, 0.05) is 0 Å². The van der Waals surface area contributed by atoms with Crippen molar-refractivity contribution in [1.82, 2.24) is 0 Å². The average molecular weight is 509 g/mol. The quantitative estimate of drug-likeness (QED) is 0.242. The van der Waals surface area contributed by atoms with E-state index in [-0.39, 0.29) is 17.0 Å². The summed E-state index contributed by atoms with van der Waals surface area (Å²) in [4.78, 5) is 0. The number of halogens is 5. The number of alkyl halides is 3. The number of unbranched alkanes of at least 4 members (excludes halogenated alkanes) is 4. The first-order valence-corrected chi connectivity index (χ1v) is 13.6. The molecule has 4 atom stereocenters. The van der Waals surface area contributed by atoms with Gasteiger partial charge in [0.1, 0.15) is 17.4 Å². The van der Waals surface area contributed by atoms with Crippen molar-refractivity contribution in [2.45, 2.75) is 96.3 Å². The number of hydrogen-bond acceptors (Lipinski definition) is 1. The number of rotatable bonds is 9. The highest BCUT2D eigenvalue weighted by Gasteiger charge is 2.36. The average Bonchev–Trinajstić information content (AvgIpc) is 2.83. The van der Waals surface area contributed by atoms with Crippen LogP contribution in [0.25, 0.3) is 11.1 Å². The fourth-order valence-corrected chi connectivity index (χ4v) is 6.52. The van der Waals surface area contributed by atoms with Crippen molar-refractivity contribution >= 4 is 0 Å². The maximum Gasteiger partial charge on any atom is 0.573 e. The molecule has 0 saturated heterocycles. The summed E-state index contributed by atoms with van der Waals surface area (Å²) >= 11 is 0. The highest BCUT2D eigenvalue weighted by atomic mass is 19.4. The van der Waals surface area contributed by atoms with Crippen LogP contribution in [0.15, 0.2) is 36.4 Å². The molecule has 4 unspecified atom stereocenters. The topological polar surface area (TPSA) is 9.23 Å². The summed E-state index contributed by atoms with van der Waals surface area (Å²) in [5.74, 6) is 0.580. The second-order valence-electron chi connectivity index (χ2n) is 10.8. The third kappa shape index (κ3) is 7.01. The van der Waals surface area contributed by atoms with Gasteiger partial charge in [0.05, 0.1) is 5.56 Å². The Morgan fingerprint density at radius 2 is 1.44 bits per heavy atom. The van der Waals surface area contributed by atoms with Gasteiger partial charge in [0.15, 0.2) is 0 Å². The molecule has 2 fully saturated rings. The minimum atomic E-state index is -4.81. The lowest BCUT2D eigenvalue weighted by molar-refractivity contribution is -0.274. The van der Waals surface area contributed by atoms with Gasteiger partial charge in [0.2, 0.25) is 0 Å². The molecular formula is C30H37F5O. The number of ether oxygens (including phenoxy) is 1. The first-order valence-electron chi connectivity index (χ1n) is 13.6. The molecule has 2 saturated carbocycles. The molecule has 0 radical (unpaired) electrons. The van der Waals surface area contributed by atoms with Crippen LogP contribution in [-0.2, 0) is 0 Å². The maximum atomic E-state index is 15.1. The van der Waals surface area contributed by atoms with Crippen molar-refractivity contribution < 1.29 is 26.7 Å². The van der Waals surface area contributed by atoms with Crippen LogP contribution in [0.5, 0.6) is 5.75 Å². The summed E-state index contributed by atoms with van der Waals surface area (Å²) in [5, 5.41) is 0. The minimum absolute atomic E-state index is 0.150. The van der Waals surface area contributed by atoms with Gasteiger partial charge in [-0.1, -0.05) is 64.0 Å². The summed E-state index contributed by atoms with van der Waals surface area (Å²) in [6.45, 7) is 2.24. The van der Waals surface area contributed by atoms with E-state index < -0.39 is 23.7 Å². The predicted molar refractivity (Wildman–Crippen MR) is 133 cm³/mol. The van der Waals surface area contributed by atoms with Gasteiger partial charge in [-0.2, -0.15) is 0 Å². The monoisotopic (exact) mass is 508 g/mol. The van der Waals surface area contributed by atoms with Crippen LogP contribution in [0.3, 0.4) is 0 Å². The highest BCUT2D eigenvalue weighted by molar-refractivity contribution is 5.66. The molecule has 0 N–H and O–H groups in total. The van der Waals surface area contributed by atoms with Gasteiger partial charge in [-0.15, -0.1) is 13.2 Å². The molecule has 0 heterocycles. The predicted octanol–water partition coefficient (Wildman–Crippen LogP) is 10.2. The molecule has 36 heavy (non-hydrogen) atoms. The second kappa shape index (κ2) is 12.0. The van der Waals surface area contributed by atoms with Crippen LogP contribution in [0.1, 0.15) is 95.5 Å². The molecule has 2 aliphatic rings. The lowest BCUT2D eigenvalue weighted by Crippen LogP contribution is -2.30. The van der Waals surface area contributed by atoms with E-state index in [1.807, 2.05) is 0 Å². The Morgan fingerprint density at radius 3 is 2.11 bits per heavy atom. The Kier molecular flexibility index (Phi) is 8.95.